The van der Waals surface area contributed by atoms with E-state index in [4.69, 9.17) is 9.26 Å². The number of nitrogens with zero attached hydrogens (tertiary/aromatic N) is 2. The standard InChI is InChI=1S/C16H17Br2N3O6/c1-7-2-12(20-27-7)19-13(22)6-26-14(23)5-21-15(24)8-3-10(17)11(18)4-9(8)16(21)25/h2,8-11H,3-6H2,1H3,(H,19,20,22)/t8-,9+,10-,11-/m0/s1. The van der Waals surface area contributed by atoms with Gasteiger partial charge in [-0.2, -0.15) is 0 Å². The number of alkyl halides is 2. The summed E-state index contributed by atoms with van der Waals surface area (Å²) in [6.07, 6.45) is 1.05. The molecule has 2 heterocycles. The number of anilines is 1. The molecule has 0 bridgehead atoms. The Labute approximate surface area is 171 Å². The highest BCUT2D eigenvalue weighted by Crippen LogP contribution is 2.43. The molecule has 0 radical (unpaired) electrons. The van der Waals surface area contributed by atoms with Crippen LogP contribution in [-0.4, -0.2) is 56.6 Å². The van der Waals surface area contributed by atoms with E-state index in [2.05, 4.69) is 42.3 Å². The lowest BCUT2D eigenvalue weighted by molar-refractivity contribution is -0.154. The van der Waals surface area contributed by atoms with E-state index < -0.39 is 36.9 Å². The van der Waals surface area contributed by atoms with Crippen molar-refractivity contribution in [1.29, 1.82) is 0 Å². The van der Waals surface area contributed by atoms with Gasteiger partial charge in [-0.3, -0.25) is 24.1 Å². The Balaban J connectivity index is 1.51. The maximum atomic E-state index is 12.5. The largest absolute Gasteiger partial charge is 0.454 e. The van der Waals surface area contributed by atoms with E-state index in [1.807, 2.05) is 0 Å². The third-order valence-electron chi connectivity index (χ3n) is 4.55. The molecule has 1 aromatic rings. The minimum Gasteiger partial charge on any atom is -0.454 e. The van der Waals surface area contributed by atoms with Gasteiger partial charge in [0.05, 0.1) is 11.8 Å². The van der Waals surface area contributed by atoms with Gasteiger partial charge in [-0.25, -0.2) is 0 Å². The molecule has 2 aliphatic rings. The summed E-state index contributed by atoms with van der Waals surface area (Å²) in [6.45, 7) is 0.613. The zero-order valence-electron chi connectivity index (χ0n) is 14.3. The number of likely N-dealkylation sites (tertiary alicyclic amines) is 1. The highest BCUT2D eigenvalue weighted by molar-refractivity contribution is 9.12. The number of halogens is 2. The zero-order valence-corrected chi connectivity index (χ0v) is 17.5. The number of esters is 1. The van der Waals surface area contributed by atoms with Crippen molar-refractivity contribution in [2.75, 3.05) is 18.5 Å². The quantitative estimate of drug-likeness (QED) is 0.364. The first kappa shape index (κ1) is 20.0. The van der Waals surface area contributed by atoms with Gasteiger partial charge in [0.1, 0.15) is 12.3 Å². The van der Waals surface area contributed by atoms with Crippen molar-refractivity contribution in [2.45, 2.75) is 29.4 Å². The second kappa shape index (κ2) is 8.09. The van der Waals surface area contributed by atoms with Gasteiger partial charge in [0, 0.05) is 15.7 Å². The number of ether oxygens (including phenoxy) is 1. The van der Waals surface area contributed by atoms with E-state index in [0.717, 1.165) is 4.90 Å². The van der Waals surface area contributed by atoms with Crippen molar-refractivity contribution in [2.24, 2.45) is 11.8 Å². The lowest BCUT2D eigenvalue weighted by Gasteiger charge is -2.29. The molecule has 4 atom stereocenters. The smallest absolute Gasteiger partial charge is 0.326 e. The number of hydrogen-bond donors (Lipinski definition) is 1. The molecule has 3 amide bonds. The van der Waals surface area contributed by atoms with Crippen LogP contribution in [-0.2, 0) is 23.9 Å². The maximum Gasteiger partial charge on any atom is 0.326 e. The number of amides is 3. The Morgan fingerprint density at radius 3 is 2.37 bits per heavy atom. The zero-order chi connectivity index (χ0) is 19.7. The van der Waals surface area contributed by atoms with Crippen molar-refractivity contribution in [3.63, 3.8) is 0 Å². The van der Waals surface area contributed by atoms with Gasteiger partial charge < -0.3 is 14.6 Å². The highest BCUT2D eigenvalue weighted by Gasteiger charge is 2.52. The number of aryl methyl sites for hydroxylation is 1. The summed E-state index contributed by atoms with van der Waals surface area (Å²) in [6, 6.07) is 1.51. The maximum absolute atomic E-state index is 12.5. The minimum atomic E-state index is -0.826. The number of aromatic nitrogens is 1. The topological polar surface area (TPSA) is 119 Å². The molecule has 3 rings (SSSR count). The predicted molar refractivity (Wildman–Crippen MR) is 99.2 cm³/mol. The van der Waals surface area contributed by atoms with Crippen LogP contribution in [0.15, 0.2) is 10.6 Å². The molecule has 1 aliphatic carbocycles. The van der Waals surface area contributed by atoms with E-state index in [0.29, 0.717) is 18.6 Å². The second-order valence-corrected chi connectivity index (χ2v) is 8.86. The number of carbonyl (C=O) groups excluding carboxylic acids is 4. The summed E-state index contributed by atoms with van der Waals surface area (Å²) in [4.78, 5) is 49.8. The molecule has 1 saturated carbocycles. The number of hydrogen-bond acceptors (Lipinski definition) is 7. The van der Waals surface area contributed by atoms with Gasteiger partial charge in [0.2, 0.25) is 11.8 Å². The summed E-state index contributed by atoms with van der Waals surface area (Å²) in [7, 11) is 0. The first-order valence-electron chi connectivity index (χ1n) is 8.28. The molecule has 27 heavy (non-hydrogen) atoms. The summed E-state index contributed by atoms with van der Waals surface area (Å²) in [5.74, 6) is -2.30. The van der Waals surface area contributed by atoms with Crippen molar-refractivity contribution >= 4 is 61.4 Å². The third-order valence-corrected chi connectivity index (χ3v) is 7.28. The van der Waals surface area contributed by atoms with Crippen LogP contribution < -0.4 is 5.32 Å². The van der Waals surface area contributed by atoms with Crippen LogP contribution in [0.1, 0.15) is 18.6 Å². The molecule has 9 nitrogen and oxygen atoms in total. The van der Waals surface area contributed by atoms with Crippen LogP contribution in [0.4, 0.5) is 5.82 Å². The fourth-order valence-corrected chi connectivity index (χ4v) is 4.48. The van der Waals surface area contributed by atoms with Crippen LogP contribution >= 0.6 is 31.9 Å². The third kappa shape index (κ3) is 4.40. The molecule has 1 N–H and O–H groups in total. The fraction of sp³-hybridized carbons (Fsp3) is 0.562. The lowest BCUT2D eigenvalue weighted by atomic mass is 9.81. The minimum absolute atomic E-state index is 0.0891. The Kier molecular flexibility index (Phi) is 5.99. The van der Waals surface area contributed by atoms with E-state index in [9.17, 15) is 19.2 Å². The van der Waals surface area contributed by atoms with Crippen LogP contribution in [0.25, 0.3) is 0 Å². The van der Waals surface area contributed by atoms with Crippen LogP contribution in [0.2, 0.25) is 0 Å². The van der Waals surface area contributed by atoms with E-state index in [-0.39, 0.29) is 27.3 Å². The summed E-state index contributed by atoms with van der Waals surface area (Å²) in [5, 5.41) is 5.99. The summed E-state index contributed by atoms with van der Waals surface area (Å²) >= 11 is 7.00. The van der Waals surface area contributed by atoms with Gasteiger partial charge in [0.25, 0.3) is 5.91 Å². The average Bonchev–Trinajstić information content (AvgIpc) is 3.11. The lowest BCUT2D eigenvalue weighted by Crippen LogP contribution is -2.37. The molecule has 0 spiro atoms. The fourth-order valence-electron chi connectivity index (χ4n) is 3.24. The molecule has 0 aromatic carbocycles. The van der Waals surface area contributed by atoms with Crippen LogP contribution in [0, 0.1) is 18.8 Å². The number of imide groups is 1. The predicted octanol–water partition coefficient (Wildman–Crippen LogP) is 1.39. The monoisotopic (exact) mass is 505 g/mol. The highest BCUT2D eigenvalue weighted by atomic mass is 79.9. The molecule has 1 aliphatic heterocycles. The van der Waals surface area contributed by atoms with E-state index in [1.165, 1.54) is 6.07 Å². The van der Waals surface area contributed by atoms with Crippen molar-refractivity contribution in [3.05, 3.63) is 11.8 Å². The Morgan fingerprint density at radius 2 is 1.85 bits per heavy atom. The number of fused-ring (bicyclic) bond motifs is 1. The second-order valence-electron chi connectivity index (χ2n) is 6.51. The van der Waals surface area contributed by atoms with Crippen LogP contribution in [0.5, 0.6) is 0 Å². The van der Waals surface area contributed by atoms with Gasteiger partial charge in [-0.05, 0) is 19.8 Å². The first-order valence-corrected chi connectivity index (χ1v) is 10.1. The van der Waals surface area contributed by atoms with Crippen molar-refractivity contribution in [1.82, 2.24) is 10.1 Å². The molecular formula is C16H17Br2N3O6. The Morgan fingerprint density at radius 1 is 1.26 bits per heavy atom. The molecule has 0 unspecified atom stereocenters. The SMILES string of the molecule is Cc1cc(NC(=O)COC(=O)CN2C(=O)[C@H]3C[C@H](Br)[C@@H](Br)C[C@H]3C2=O)no1. The van der Waals surface area contributed by atoms with E-state index >= 15 is 0 Å². The first-order chi connectivity index (χ1) is 12.8. The average molecular weight is 507 g/mol. The van der Waals surface area contributed by atoms with E-state index in [1.54, 1.807) is 6.92 Å². The number of carbonyl (C=O) groups is 4. The molecule has 1 saturated heterocycles. The van der Waals surface area contributed by atoms with Gasteiger partial charge >= 0.3 is 5.97 Å². The van der Waals surface area contributed by atoms with Crippen molar-refractivity contribution in [3.8, 4) is 0 Å². The Hall–Kier alpha value is -1.75. The van der Waals surface area contributed by atoms with Gasteiger partial charge in [-0.1, -0.05) is 37.0 Å². The Bertz CT molecular complexity index is 754. The van der Waals surface area contributed by atoms with Crippen LogP contribution in [0.3, 0.4) is 0 Å². The number of rotatable bonds is 5. The normalized spacial score (nSPS) is 27.4. The van der Waals surface area contributed by atoms with Gasteiger partial charge in [-0.15, -0.1) is 0 Å². The number of nitrogens with one attached hydrogen (secondary N) is 1. The molecule has 11 heteroatoms. The molecule has 146 valence electrons. The summed E-state index contributed by atoms with van der Waals surface area (Å²) < 4.78 is 9.67. The molecule has 1 aromatic heterocycles. The summed E-state index contributed by atoms with van der Waals surface area (Å²) in [5.41, 5.74) is 0. The molecular weight excluding hydrogens is 490 g/mol. The molecule has 2 fully saturated rings. The van der Waals surface area contributed by atoms with Crippen molar-refractivity contribution < 1.29 is 28.4 Å². The van der Waals surface area contributed by atoms with Gasteiger partial charge in [0.15, 0.2) is 12.4 Å².